The second-order valence-electron chi connectivity index (χ2n) is 6.16. The highest BCUT2D eigenvalue weighted by Crippen LogP contribution is 2.60. The van der Waals surface area contributed by atoms with E-state index in [1.807, 2.05) is 0 Å². The van der Waals surface area contributed by atoms with Crippen LogP contribution in [0.5, 0.6) is 0 Å². The number of guanidine groups is 1. The molecule has 3 atom stereocenters. The minimum atomic E-state index is 0.408. The highest BCUT2D eigenvalue weighted by atomic mass is 16.5. The predicted octanol–water partition coefficient (Wildman–Crippen LogP) is 1.91. The number of ether oxygens (including phenoxy) is 1. The highest BCUT2D eigenvalue weighted by Gasteiger charge is 2.65. The molecule has 108 valence electrons. The summed E-state index contributed by atoms with van der Waals surface area (Å²) in [4.78, 5) is 4.56. The van der Waals surface area contributed by atoms with E-state index < -0.39 is 0 Å². The van der Waals surface area contributed by atoms with E-state index in [0.29, 0.717) is 23.5 Å². The van der Waals surface area contributed by atoms with E-state index in [1.165, 1.54) is 32.1 Å². The zero-order valence-corrected chi connectivity index (χ0v) is 12.2. The third-order valence-electron chi connectivity index (χ3n) is 5.24. The lowest BCUT2D eigenvalue weighted by molar-refractivity contribution is -0.125. The first-order valence-electron chi connectivity index (χ1n) is 7.98. The number of hydrogen-bond acceptors (Lipinski definition) is 2. The van der Waals surface area contributed by atoms with Crippen LogP contribution in [0.2, 0.25) is 0 Å². The second-order valence-corrected chi connectivity index (χ2v) is 6.16. The van der Waals surface area contributed by atoms with Gasteiger partial charge in [0.25, 0.3) is 0 Å². The molecule has 3 rings (SSSR count). The van der Waals surface area contributed by atoms with Crippen molar-refractivity contribution >= 4 is 5.96 Å². The van der Waals surface area contributed by atoms with Crippen molar-refractivity contribution in [3.8, 4) is 0 Å². The summed E-state index contributed by atoms with van der Waals surface area (Å²) in [5, 5.41) is 7.09. The van der Waals surface area contributed by atoms with Gasteiger partial charge < -0.3 is 15.4 Å². The molecule has 1 saturated heterocycles. The van der Waals surface area contributed by atoms with E-state index in [1.54, 1.807) is 0 Å². The maximum Gasteiger partial charge on any atom is 0.191 e. The van der Waals surface area contributed by atoms with Gasteiger partial charge in [0.2, 0.25) is 0 Å². The van der Waals surface area contributed by atoms with Crippen LogP contribution in [0.3, 0.4) is 0 Å². The maximum atomic E-state index is 6.02. The number of fused-ring (bicyclic) bond motifs is 2. The number of hydrogen-bond donors (Lipinski definition) is 2. The zero-order chi connectivity index (χ0) is 13.3. The molecule has 0 bridgehead atoms. The van der Waals surface area contributed by atoms with Gasteiger partial charge in [0.05, 0.1) is 6.10 Å². The lowest BCUT2D eigenvalue weighted by Gasteiger charge is -2.57. The molecule has 4 heteroatoms. The Hall–Kier alpha value is -0.770. The summed E-state index contributed by atoms with van der Waals surface area (Å²) in [5.41, 5.74) is 0.408. The highest BCUT2D eigenvalue weighted by molar-refractivity contribution is 5.80. The van der Waals surface area contributed by atoms with Crippen molar-refractivity contribution in [2.75, 3.05) is 19.7 Å². The van der Waals surface area contributed by atoms with Crippen molar-refractivity contribution in [3.05, 3.63) is 0 Å². The van der Waals surface area contributed by atoms with Crippen LogP contribution >= 0.6 is 0 Å². The average molecular weight is 265 g/mol. The van der Waals surface area contributed by atoms with Gasteiger partial charge in [0, 0.05) is 37.1 Å². The third-order valence-corrected chi connectivity index (χ3v) is 5.24. The molecule has 3 fully saturated rings. The van der Waals surface area contributed by atoms with Gasteiger partial charge in [0.15, 0.2) is 5.96 Å². The van der Waals surface area contributed by atoms with Crippen LogP contribution in [0.25, 0.3) is 0 Å². The summed E-state index contributed by atoms with van der Waals surface area (Å²) < 4.78 is 6.02. The molecule has 0 aromatic heterocycles. The monoisotopic (exact) mass is 265 g/mol. The fraction of sp³-hybridized carbons (Fsp3) is 0.933. The first-order chi connectivity index (χ1) is 9.31. The quantitative estimate of drug-likeness (QED) is 0.605. The van der Waals surface area contributed by atoms with E-state index in [-0.39, 0.29) is 0 Å². The van der Waals surface area contributed by atoms with Crippen LogP contribution in [0, 0.1) is 11.3 Å². The Morgan fingerprint density at radius 3 is 2.79 bits per heavy atom. The van der Waals surface area contributed by atoms with E-state index in [2.05, 4.69) is 29.5 Å². The Kier molecular flexibility index (Phi) is 3.70. The molecule has 2 N–H and O–H groups in total. The molecule has 0 aromatic carbocycles. The van der Waals surface area contributed by atoms with Crippen molar-refractivity contribution in [1.82, 2.24) is 10.6 Å². The Morgan fingerprint density at radius 2 is 2.11 bits per heavy atom. The topological polar surface area (TPSA) is 45.7 Å². The summed E-state index contributed by atoms with van der Waals surface area (Å²) in [6.45, 7) is 6.93. The smallest absolute Gasteiger partial charge is 0.191 e. The van der Waals surface area contributed by atoms with Gasteiger partial charge in [-0.1, -0.05) is 12.8 Å². The molecule has 2 aliphatic carbocycles. The Labute approximate surface area is 116 Å². The van der Waals surface area contributed by atoms with Gasteiger partial charge >= 0.3 is 0 Å². The summed E-state index contributed by atoms with van der Waals surface area (Å²) in [7, 11) is 0. The molecule has 3 aliphatic rings. The van der Waals surface area contributed by atoms with Crippen molar-refractivity contribution in [1.29, 1.82) is 0 Å². The molecule has 2 saturated carbocycles. The average Bonchev–Trinajstić information content (AvgIpc) is 3.04. The Morgan fingerprint density at radius 1 is 1.32 bits per heavy atom. The van der Waals surface area contributed by atoms with Gasteiger partial charge in [-0.2, -0.15) is 0 Å². The molecule has 19 heavy (non-hydrogen) atoms. The van der Waals surface area contributed by atoms with E-state index in [4.69, 9.17) is 4.74 Å². The molecule has 3 unspecified atom stereocenters. The van der Waals surface area contributed by atoms with Crippen molar-refractivity contribution in [3.63, 3.8) is 0 Å². The summed E-state index contributed by atoms with van der Waals surface area (Å²) in [5.74, 6) is 1.70. The fourth-order valence-electron chi connectivity index (χ4n) is 4.53. The van der Waals surface area contributed by atoms with Crippen molar-refractivity contribution in [2.24, 2.45) is 16.3 Å². The van der Waals surface area contributed by atoms with Crippen LogP contribution in [-0.4, -0.2) is 37.8 Å². The molecule has 1 heterocycles. The van der Waals surface area contributed by atoms with Crippen LogP contribution in [0.4, 0.5) is 0 Å². The Bertz CT molecular complexity index is 349. The standard InChI is InChI=1S/C15H27N3O/c1-3-16-14(17-4-2)18-12-11-7-10-19-13(11)15(12)8-5-6-9-15/h11-13H,3-10H2,1-2H3,(H2,16,17,18). The summed E-state index contributed by atoms with van der Waals surface area (Å²) >= 11 is 0. The fourth-order valence-corrected chi connectivity index (χ4v) is 4.53. The van der Waals surface area contributed by atoms with Gasteiger partial charge in [-0.15, -0.1) is 0 Å². The van der Waals surface area contributed by atoms with E-state index in [9.17, 15) is 0 Å². The van der Waals surface area contributed by atoms with Crippen LogP contribution in [0.1, 0.15) is 46.0 Å². The summed E-state index contributed by atoms with van der Waals surface area (Å²) in [6, 6.07) is 0.576. The van der Waals surface area contributed by atoms with E-state index >= 15 is 0 Å². The van der Waals surface area contributed by atoms with Gasteiger partial charge in [-0.05, 0) is 33.1 Å². The first kappa shape index (κ1) is 13.2. The number of nitrogens with zero attached hydrogens (tertiary/aromatic N) is 1. The molecule has 0 radical (unpaired) electrons. The minimum absolute atomic E-state index is 0.408. The number of aliphatic imine (C=N–C) groups is 1. The maximum absolute atomic E-state index is 6.02. The van der Waals surface area contributed by atoms with Crippen molar-refractivity contribution < 1.29 is 4.74 Å². The van der Waals surface area contributed by atoms with Gasteiger partial charge in [-0.25, -0.2) is 0 Å². The van der Waals surface area contributed by atoms with Crippen molar-refractivity contribution in [2.45, 2.75) is 58.1 Å². The summed E-state index contributed by atoms with van der Waals surface area (Å²) in [6.07, 6.45) is 7.14. The van der Waals surface area contributed by atoms with E-state index in [0.717, 1.165) is 25.7 Å². The third kappa shape index (κ3) is 2.04. The number of nitrogens with one attached hydrogen (secondary N) is 2. The largest absolute Gasteiger partial charge is 0.377 e. The van der Waals surface area contributed by atoms with Crippen LogP contribution < -0.4 is 10.6 Å². The van der Waals surface area contributed by atoms with Crippen LogP contribution in [-0.2, 0) is 4.74 Å². The molecule has 0 amide bonds. The molecule has 4 nitrogen and oxygen atoms in total. The number of rotatable bonds is 3. The normalized spacial score (nSPS) is 36.1. The first-order valence-corrected chi connectivity index (χ1v) is 7.98. The molecule has 0 aromatic rings. The molecule has 1 aliphatic heterocycles. The zero-order valence-electron chi connectivity index (χ0n) is 12.2. The molecular weight excluding hydrogens is 238 g/mol. The SMILES string of the molecule is CCN=C(NCC)NC1C2CCOC2C12CCCC2. The van der Waals surface area contributed by atoms with Crippen LogP contribution in [0.15, 0.2) is 4.99 Å². The van der Waals surface area contributed by atoms with Gasteiger partial charge in [0.1, 0.15) is 0 Å². The molecule has 1 spiro atoms. The lowest BCUT2D eigenvalue weighted by atomic mass is 9.54. The second kappa shape index (κ2) is 5.31. The predicted molar refractivity (Wildman–Crippen MR) is 77.3 cm³/mol. The molecular formula is C15H27N3O. The lowest BCUT2D eigenvalue weighted by Crippen LogP contribution is -2.69. The van der Waals surface area contributed by atoms with Gasteiger partial charge in [-0.3, -0.25) is 4.99 Å². The minimum Gasteiger partial charge on any atom is -0.377 e. The Balaban J connectivity index is 1.73.